The van der Waals surface area contributed by atoms with Crippen molar-refractivity contribution >= 4 is 17.7 Å². The van der Waals surface area contributed by atoms with Crippen LogP contribution in [0.2, 0.25) is 0 Å². The SMILES string of the molecule is O=C(/C=C/c1cnn(-c2ccccc2)c1)Nc1ccc2c(c1)OCO2. The fourth-order valence-corrected chi connectivity index (χ4v) is 2.47. The molecule has 6 nitrogen and oxygen atoms in total. The molecule has 124 valence electrons. The molecule has 1 amide bonds. The molecule has 2 aromatic carbocycles. The third-order valence-corrected chi connectivity index (χ3v) is 3.69. The minimum atomic E-state index is -0.230. The summed E-state index contributed by atoms with van der Waals surface area (Å²) >= 11 is 0. The Hall–Kier alpha value is -3.54. The van der Waals surface area contributed by atoms with Crippen molar-refractivity contribution in [3.05, 3.63) is 72.6 Å². The molecule has 6 heteroatoms. The maximum atomic E-state index is 12.1. The zero-order valence-corrected chi connectivity index (χ0v) is 13.3. The summed E-state index contributed by atoms with van der Waals surface area (Å²) in [6.07, 6.45) is 6.75. The number of amides is 1. The van der Waals surface area contributed by atoms with Crippen LogP contribution < -0.4 is 14.8 Å². The van der Waals surface area contributed by atoms with Crippen LogP contribution in [0.1, 0.15) is 5.56 Å². The molecule has 0 unspecified atom stereocenters. The number of nitrogens with one attached hydrogen (secondary N) is 1. The lowest BCUT2D eigenvalue weighted by atomic mass is 10.2. The summed E-state index contributed by atoms with van der Waals surface area (Å²) in [5, 5.41) is 7.08. The number of anilines is 1. The average molecular weight is 333 g/mol. The van der Waals surface area contributed by atoms with Crippen molar-refractivity contribution in [3.8, 4) is 17.2 Å². The van der Waals surface area contributed by atoms with Crippen LogP contribution in [0.5, 0.6) is 11.5 Å². The van der Waals surface area contributed by atoms with Crippen molar-refractivity contribution in [1.82, 2.24) is 9.78 Å². The van der Waals surface area contributed by atoms with Gasteiger partial charge >= 0.3 is 0 Å². The van der Waals surface area contributed by atoms with Gasteiger partial charge in [0.05, 0.1) is 11.9 Å². The summed E-state index contributed by atoms with van der Waals surface area (Å²) in [5.41, 5.74) is 2.45. The first-order valence-electron chi connectivity index (χ1n) is 7.77. The van der Waals surface area contributed by atoms with Crippen LogP contribution >= 0.6 is 0 Å². The van der Waals surface area contributed by atoms with Gasteiger partial charge in [-0.25, -0.2) is 4.68 Å². The van der Waals surface area contributed by atoms with Crippen LogP contribution in [0.3, 0.4) is 0 Å². The van der Waals surface area contributed by atoms with E-state index in [1.165, 1.54) is 6.08 Å². The first-order valence-corrected chi connectivity index (χ1v) is 7.77. The van der Waals surface area contributed by atoms with Crippen molar-refractivity contribution in [2.24, 2.45) is 0 Å². The molecule has 0 saturated carbocycles. The minimum absolute atomic E-state index is 0.206. The third-order valence-electron chi connectivity index (χ3n) is 3.69. The zero-order chi connectivity index (χ0) is 17.1. The molecule has 2 heterocycles. The van der Waals surface area contributed by atoms with Gasteiger partial charge in [-0.1, -0.05) is 18.2 Å². The van der Waals surface area contributed by atoms with E-state index < -0.39 is 0 Å². The normalized spacial score (nSPS) is 12.5. The number of hydrogen-bond donors (Lipinski definition) is 1. The van der Waals surface area contributed by atoms with Gasteiger partial charge in [0.1, 0.15) is 0 Å². The van der Waals surface area contributed by atoms with E-state index in [9.17, 15) is 4.79 Å². The number of nitrogens with zero attached hydrogens (tertiary/aromatic N) is 2. The largest absolute Gasteiger partial charge is 0.454 e. The number of benzene rings is 2. The Morgan fingerprint density at radius 2 is 1.96 bits per heavy atom. The summed E-state index contributed by atoms with van der Waals surface area (Å²) in [7, 11) is 0. The van der Waals surface area contributed by atoms with E-state index in [2.05, 4.69) is 10.4 Å². The van der Waals surface area contributed by atoms with E-state index >= 15 is 0 Å². The molecule has 0 atom stereocenters. The second-order valence-electron chi connectivity index (χ2n) is 5.44. The number of aromatic nitrogens is 2. The molecule has 0 bridgehead atoms. The Kier molecular flexibility index (Phi) is 3.92. The predicted octanol–water partition coefficient (Wildman–Crippen LogP) is 3.25. The number of rotatable bonds is 4. The van der Waals surface area contributed by atoms with Crippen LogP contribution in [-0.2, 0) is 4.79 Å². The number of carbonyl (C=O) groups excluding carboxylic acids is 1. The topological polar surface area (TPSA) is 65.4 Å². The Morgan fingerprint density at radius 3 is 2.84 bits per heavy atom. The van der Waals surface area contributed by atoms with Gasteiger partial charge in [0, 0.05) is 29.6 Å². The van der Waals surface area contributed by atoms with Crippen molar-refractivity contribution in [2.75, 3.05) is 12.1 Å². The maximum Gasteiger partial charge on any atom is 0.248 e. The van der Waals surface area contributed by atoms with Crippen LogP contribution in [0.15, 0.2) is 67.0 Å². The van der Waals surface area contributed by atoms with Crippen LogP contribution in [0.4, 0.5) is 5.69 Å². The maximum absolute atomic E-state index is 12.1. The average Bonchev–Trinajstić information content (AvgIpc) is 3.30. The van der Waals surface area contributed by atoms with Crippen molar-refractivity contribution in [3.63, 3.8) is 0 Å². The van der Waals surface area contributed by atoms with E-state index in [0.29, 0.717) is 17.2 Å². The highest BCUT2D eigenvalue weighted by atomic mass is 16.7. The minimum Gasteiger partial charge on any atom is -0.454 e. The fraction of sp³-hybridized carbons (Fsp3) is 0.0526. The standard InChI is InChI=1S/C19H15N3O3/c23-19(21-15-7-8-17-18(10-15)25-13-24-17)9-6-14-11-20-22(12-14)16-4-2-1-3-5-16/h1-12H,13H2,(H,21,23)/b9-6+. The molecule has 1 aromatic heterocycles. The molecule has 1 N–H and O–H groups in total. The highest BCUT2D eigenvalue weighted by Gasteiger charge is 2.13. The summed E-state index contributed by atoms with van der Waals surface area (Å²) < 4.78 is 12.3. The smallest absolute Gasteiger partial charge is 0.248 e. The van der Waals surface area contributed by atoms with Crippen LogP contribution in [0, 0.1) is 0 Å². The van der Waals surface area contributed by atoms with Crippen LogP contribution in [0.25, 0.3) is 11.8 Å². The van der Waals surface area contributed by atoms with Crippen LogP contribution in [-0.4, -0.2) is 22.5 Å². The first kappa shape index (κ1) is 15.0. The Bertz CT molecular complexity index is 932. The van der Waals surface area contributed by atoms with Gasteiger partial charge in [-0.3, -0.25) is 4.79 Å². The molecular formula is C19H15N3O3. The molecule has 0 fully saturated rings. The zero-order valence-electron chi connectivity index (χ0n) is 13.3. The van der Waals surface area contributed by atoms with E-state index in [1.807, 2.05) is 36.5 Å². The quantitative estimate of drug-likeness (QED) is 0.744. The molecule has 1 aliphatic heterocycles. The molecule has 3 aromatic rings. The summed E-state index contributed by atoms with van der Waals surface area (Å²) in [4.78, 5) is 12.1. The lowest BCUT2D eigenvalue weighted by Crippen LogP contribution is -2.07. The Morgan fingerprint density at radius 1 is 1.12 bits per heavy atom. The highest BCUT2D eigenvalue weighted by Crippen LogP contribution is 2.34. The number of hydrogen-bond acceptors (Lipinski definition) is 4. The van der Waals surface area contributed by atoms with Gasteiger partial charge < -0.3 is 14.8 Å². The van der Waals surface area contributed by atoms with Crippen molar-refractivity contribution in [1.29, 1.82) is 0 Å². The van der Waals surface area contributed by atoms with E-state index in [4.69, 9.17) is 9.47 Å². The third kappa shape index (κ3) is 3.37. The second kappa shape index (κ2) is 6.52. The second-order valence-corrected chi connectivity index (χ2v) is 5.44. The van der Waals surface area contributed by atoms with Crippen molar-refractivity contribution in [2.45, 2.75) is 0 Å². The summed E-state index contributed by atoms with van der Waals surface area (Å²) in [5.74, 6) is 1.08. The molecule has 1 aliphatic rings. The Balaban J connectivity index is 1.42. The fourth-order valence-electron chi connectivity index (χ4n) is 2.47. The van der Waals surface area contributed by atoms with E-state index in [0.717, 1.165) is 11.3 Å². The van der Waals surface area contributed by atoms with Gasteiger partial charge in [0.2, 0.25) is 12.7 Å². The van der Waals surface area contributed by atoms with Gasteiger partial charge in [0.25, 0.3) is 0 Å². The molecule has 0 saturated heterocycles. The Labute approximate surface area is 144 Å². The number of para-hydroxylation sites is 1. The van der Waals surface area contributed by atoms with Gasteiger partial charge in [-0.2, -0.15) is 5.10 Å². The lowest BCUT2D eigenvalue weighted by Gasteiger charge is -2.03. The van der Waals surface area contributed by atoms with Gasteiger partial charge in [-0.15, -0.1) is 0 Å². The molecule has 0 radical (unpaired) electrons. The molecule has 25 heavy (non-hydrogen) atoms. The van der Waals surface area contributed by atoms with Gasteiger partial charge in [-0.05, 0) is 30.3 Å². The van der Waals surface area contributed by atoms with Gasteiger partial charge in [0.15, 0.2) is 11.5 Å². The summed E-state index contributed by atoms with van der Waals surface area (Å²) in [6, 6.07) is 15.1. The molecule has 4 rings (SSSR count). The first-order chi connectivity index (χ1) is 12.3. The number of fused-ring (bicyclic) bond motifs is 1. The lowest BCUT2D eigenvalue weighted by molar-refractivity contribution is -0.111. The van der Waals surface area contributed by atoms with Crippen molar-refractivity contribution < 1.29 is 14.3 Å². The monoisotopic (exact) mass is 333 g/mol. The molecular weight excluding hydrogens is 318 g/mol. The number of carbonyl (C=O) groups is 1. The van der Waals surface area contributed by atoms with E-state index in [-0.39, 0.29) is 12.7 Å². The van der Waals surface area contributed by atoms with E-state index in [1.54, 1.807) is 35.2 Å². The number of ether oxygens (including phenoxy) is 2. The predicted molar refractivity (Wildman–Crippen MR) is 93.8 cm³/mol. The molecule has 0 spiro atoms. The summed E-state index contributed by atoms with van der Waals surface area (Å²) in [6.45, 7) is 0.206. The highest BCUT2D eigenvalue weighted by molar-refractivity contribution is 6.02. The molecule has 0 aliphatic carbocycles.